The van der Waals surface area contributed by atoms with Crippen molar-refractivity contribution in [2.75, 3.05) is 7.05 Å². The maximum absolute atomic E-state index is 12.3. The number of likely N-dealkylation sites (N-methyl/N-ethyl adjacent to an activating group) is 1. The molecule has 2 rings (SSSR count). The molecular formula is C14H17NO3. The van der Waals surface area contributed by atoms with Crippen LogP contribution < -0.4 is 0 Å². The Morgan fingerprint density at radius 2 is 2.11 bits per heavy atom. The summed E-state index contributed by atoms with van der Waals surface area (Å²) in [5.74, 6) is -1.21. The SMILES string of the molecule is CCC(C(=O)O)N(C)C(=O)C1Cc2ccccc21. The molecule has 1 N–H and O–H groups in total. The highest BCUT2D eigenvalue weighted by Gasteiger charge is 2.36. The van der Waals surface area contributed by atoms with Gasteiger partial charge in [-0.05, 0) is 24.0 Å². The number of hydrogen-bond donors (Lipinski definition) is 1. The van der Waals surface area contributed by atoms with Gasteiger partial charge in [0.1, 0.15) is 6.04 Å². The van der Waals surface area contributed by atoms with E-state index < -0.39 is 12.0 Å². The summed E-state index contributed by atoms with van der Waals surface area (Å²) in [7, 11) is 1.57. The molecule has 4 nitrogen and oxygen atoms in total. The molecular weight excluding hydrogens is 230 g/mol. The lowest BCUT2D eigenvalue weighted by Crippen LogP contribution is -2.46. The number of aliphatic carboxylic acids is 1. The van der Waals surface area contributed by atoms with Crippen LogP contribution in [0.15, 0.2) is 24.3 Å². The van der Waals surface area contributed by atoms with Gasteiger partial charge in [0.2, 0.25) is 5.91 Å². The van der Waals surface area contributed by atoms with Crippen LogP contribution in [0.25, 0.3) is 0 Å². The van der Waals surface area contributed by atoms with Crippen LogP contribution in [0.1, 0.15) is 30.4 Å². The first-order valence-corrected chi connectivity index (χ1v) is 6.13. The Labute approximate surface area is 106 Å². The van der Waals surface area contributed by atoms with E-state index in [0.717, 1.165) is 12.0 Å². The lowest BCUT2D eigenvalue weighted by molar-refractivity contribution is -0.150. The van der Waals surface area contributed by atoms with Crippen molar-refractivity contribution in [3.8, 4) is 0 Å². The molecule has 1 aromatic carbocycles. The second-order valence-corrected chi connectivity index (χ2v) is 4.67. The smallest absolute Gasteiger partial charge is 0.326 e. The average Bonchev–Trinajstić information content (AvgIpc) is 2.30. The number of rotatable bonds is 4. The number of carbonyl (C=O) groups excluding carboxylic acids is 1. The third-order valence-electron chi connectivity index (χ3n) is 3.64. The molecule has 0 saturated carbocycles. The molecule has 0 heterocycles. The van der Waals surface area contributed by atoms with E-state index in [1.807, 2.05) is 24.3 Å². The minimum atomic E-state index is -0.944. The molecule has 4 heteroatoms. The number of nitrogens with zero attached hydrogens (tertiary/aromatic N) is 1. The van der Waals surface area contributed by atoms with Gasteiger partial charge in [-0.15, -0.1) is 0 Å². The lowest BCUT2D eigenvalue weighted by Gasteiger charge is -2.34. The first-order valence-electron chi connectivity index (χ1n) is 6.13. The zero-order chi connectivity index (χ0) is 13.3. The molecule has 0 radical (unpaired) electrons. The van der Waals surface area contributed by atoms with Gasteiger partial charge in [-0.1, -0.05) is 31.2 Å². The van der Waals surface area contributed by atoms with E-state index in [1.165, 1.54) is 10.5 Å². The molecule has 2 unspecified atom stereocenters. The number of amides is 1. The molecule has 0 spiro atoms. The topological polar surface area (TPSA) is 57.6 Å². The van der Waals surface area contributed by atoms with Crippen LogP contribution >= 0.6 is 0 Å². The molecule has 0 fully saturated rings. The van der Waals surface area contributed by atoms with Crippen LogP contribution in [0.5, 0.6) is 0 Å². The summed E-state index contributed by atoms with van der Waals surface area (Å²) in [6.07, 6.45) is 1.14. The highest BCUT2D eigenvalue weighted by atomic mass is 16.4. The minimum absolute atomic E-state index is 0.0945. The molecule has 0 bridgehead atoms. The van der Waals surface area contributed by atoms with E-state index in [1.54, 1.807) is 14.0 Å². The third kappa shape index (κ3) is 1.98. The second-order valence-electron chi connectivity index (χ2n) is 4.67. The van der Waals surface area contributed by atoms with Gasteiger partial charge in [0, 0.05) is 7.05 Å². The summed E-state index contributed by atoms with van der Waals surface area (Å²) in [5.41, 5.74) is 2.22. The quantitative estimate of drug-likeness (QED) is 0.880. The molecule has 1 amide bonds. The monoisotopic (exact) mass is 247 g/mol. The van der Waals surface area contributed by atoms with Crippen molar-refractivity contribution >= 4 is 11.9 Å². The summed E-state index contributed by atoms with van der Waals surface area (Å²) < 4.78 is 0. The number of benzene rings is 1. The van der Waals surface area contributed by atoms with Gasteiger partial charge >= 0.3 is 5.97 Å². The van der Waals surface area contributed by atoms with Gasteiger partial charge in [-0.3, -0.25) is 4.79 Å². The van der Waals surface area contributed by atoms with Crippen LogP contribution in [0.3, 0.4) is 0 Å². The average molecular weight is 247 g/mol. The van der Waals surface area contributed by atoms with Crippen molar-refractivity contribution < 1.29 is 14.7 Å². The molecule has 2 atom stereocenters. The van der Waals surface area contributed by atoms with Crippen LogP contribution in [-0.4, -0.2) is 35.0 Å². The molecule has 96 valence electrons. The number of carboxylic acids is 1. The zero-order valence-electron chi connectivity index (χ0n) is 10.6. The van der Waals surface area contributed by atoms with Crippen LogP contribution in [-0.2, 0) is 16.0 Å². The largest absolute Gasteiger partial charge is 0.480 e. The fourth-order valence-corrected chi connectivity index (χ4v) is 2.49. The second kappa shape index (κ2) is 4.80. The van der Waals surface area contributed by atoms with Gasteiger partial charge in [0.05, 0.1) is 5.92 Å². The van der Waals surface area contributed by atoms with Crippen molar-refractivity contribution in [3.63, 3.8) is 0 Å². The number of fused-ring (bicyclic) bond motifs is 1. The number of carboxylic acid groups (broad SMARTS) is 1. The zero-order valence-corrected chi connectivity index (χ0v) is 10.6. The molecule has 0 aliphatic heterocycles. The van der Waals surface area contributed by atoms with Crippen molar-refractivity contribution in [2.45, 2.75) is 31.7 Å². The van der Waals surface area contributed by atoms with E-state index in [9.17, 15) is 9.59 Å². The molecule has 0 aromatic heterocycles. The number of carbonyl (C=O) groups is 2. The Hall–Kier alpha value is -1.84. The number of hydrogen-bond acceptors (Lipinski definition) is 2. The first-order chi connectivity index (χ1) is 8.56. The van der Waals surface area contributed by atoms with Crippen molar-refractivity contribution in [3.05, 3.63) is 35.4 Å². The summed E-state index contributed by atoms with van der Waals surface area (Å²) >= 11 is 0. The third-order valence-corrected chi connectivity index (χ3v) is 3.64. The van der Waals surface area contributed by atoms with Crippen LogP contribution in [0.2, 0.25) is 0 Å². The van der Waals surface area contributed by atoms with Gasteiger partial charge in [-0.2, -0.15) is 0 Å². The van der Waals surface area contributed by atoms with Gasteiger partial charge in [-0.25, -0.2) is 4.79 Å². The predicted octanol–water partition coefficient (Wildman–Crippen LogP) is 1.65. The van der Waals surface area contributed by atoms with Crippen molar-refractivity contribution in [1.82, 2.24) is 4.90 Å². The molecule has 1 aliphatic rings. The maximum atomic E-state index is 12.3. The van der Waals surface area contributed by atoms with Gasteiger partial charge in [0.15, 0.2) is 0 Å². The van der Waals surface area contributed by atoms with Crippen LogP contribution in [0.4, 0.5) is 0 Å². The maximum Gasteiger partial charge on any atom is 0.326 e. The summed E-state index contributed by atoms with van der Waals surface area (Å²) in [4.78, 5) is 24.7. The molecule has 1 aromatic rings. The molecule has 18 heavy (non-hydrogen) atoms. The standard InChI is InChI=1S/C14H17NO3/c1-3-12(14(17)18)15(2)13(16)11-8-9-6-4-5-7-10(9)11/h4-7,11-12H,3,8H2,1-2H3,(H,17,18). The summed E-state index contributed by atoms with van der Waals surface area (Å²) in [6, 6.07) is 7.08. The van der Waals surface area contributed by atoms with Crippen LogP contribution in [0, 0.1) is 0 Å². The Morgan fingerprint density at radius 3 is 2.67 bits per heavy atom. The normalized spacial score (nSPS) is 18.4. The Kier molecular flexibility index (Phi) is 3.36. The fraction of sp³-hybridized carbons (Fsp3) is 0.429. The van der Waals surface area contributed by atoms with Crippen molar-refractivity contribution in [2.24, 2.45) is 0 Å². The molecule has 1 aliphatic carbocycles. The highest BCUT2D eigenvalue weighted by Crippen LogP contribution is 2.36. The summed E-state index contributed by atoms with van der Waals surface area (Å²) in [5, 5.41) is 9.07. The van der Waals surface area contributed by atoms with E-state index in [4.69, 9.17) is 5.11 Å². The Bertz CT molecular complexity index is 484. The minimum Gasteiger partial charge on any atom is -0.480 e. The highest BCUT2D eigenvalue weighted by molar-refractivity contribution is 5.90. The van der Waals surface area contributed by atoms with Gasteiger partial charge in [0.25, 0.3) is 0 Å². The fourth-order valence-electron chi connectivity index (χ4n) is 2.49. The van der Waals surface area contributed by atoms with Crippen molar-refractivity contribution in [1.29, 1.82) is 0 Å². The predicted molar refractivity (Wildman–Crippen MR) is 67.4 cm³/mol. The Morgan fingerprint density at radius 1 is 1.44 bits per heavy atom. The van der Waals surface area contributed by atoms with Gasteiger partial charge < -0.3 is 10.0 Å². The summed E-state index contributed by atoms with van der Waals surface area (Å²) in [6.45, 7) is 1.78. The van der Waals surface area contributed by atoms with E-state index in [-0.39, 0.29) is 11.8 Å². The van der Waals surface area contributed by atoms with E-state index in [2.05, 4.69) is 0 Å². The van der Waals surface area contributed by atoms with E-state index in [0.29, 0.717) is 6.42 Å². The Balaban J connectivity index is 2.12. The lowest BCUT2D eigenvalue weighted by atomic mass is 9.76. The first kappa shape index (κ1) is 12.6. The van der Waals surface area contributed by atoms with E-state index >= 15 is 0 Å². The molecule has 0 saturated heterocycles.